The van der Waals surface area contributed by atoms with Crippen LogP contribution >= 0.6 is 22.7 Å². The second-order valence-corrected chi connectivity index (χ2v) is 9.74. The molecule has 0 radical (unpaired) electrons. The smallest absolute Gasteiger partial charge is 0.267 e. The zero-order valence-electron chi connectivity index (χ0n) is 16.7. The molecule has 148 valence electrons. The average molecular weight is 422 g/mol. The number of benzene rings is 2. The molecule has 4 aromatic rings. The molecule has 6 heteroatoms. The minimum absolute atomic E-state index is 0.111. The van der Waals surface area contributed by atoms with Gasteiger partial charge in [-0.05, 0) is 41.8 Å². The molecule has 1 amide bonds. The Labute approximate surface area is 178 Å². The second kappa shape index (κ2) is 8.43. The third kappa shape index (κ3) is 4.54. The molecule has 4 rings (SSSR count). The van der Waals surface area contributed by atoms with E-state index in [-0.39, 0.29) is 5.91 Å². The molecule has 2 aromatic carbocycles. The van der Waals surface area contributed by atoms with Crippen molar-refractivity contribution in [1.82, 2.24) is 10.2 Å². The van der Waals surface area contributed by atoms with Gasteiger partial charge in [-0.2, -0.15) is 0 Å². The van der Waals surface area contributed by atoms with Crippen LogP contribution in [0.2, 0.25) is 0 Å². The molecular formula is C23H23N3OS2. The molecular weight excluding hydrogens is 398 g/mol. The van der Waals surface area contributed by atoms with Crippen LogP contribution in [0.3, 0.4) is 0 Å². The lowest BCUT2D eigenvalue weighted by atomic mass is 10.0. The Morgan fingerprint density at radius 2 is 1.79 bits per heavy atom. The number of nitrogens with one attached hydrogen (secondary N) is 1. The molecule has 0 saturated carbocycles. The summed E-state index contributed by atoms with van der Waals surface area (Å²) in [5.74, 6) is 0.399. The maximum absolute atomic E-state index is 13.1. The summed E-state index contributed by atoms with van der Waals surface area (Å²) in [7, 11) is 0. The van der Waals surface area contributed by atoms with E-state index in [4.69, 9.17) is 0 Å². The van der Waals surface area contributed by atoms with E-state index in [1.54, 1.807) is 0 Å². The first-order valence-electron chi connectivity index (χ1n) is 9.69. The van der Waals surface area contributed by atoms with E-state index in [0.29, 0.717) is 11.0 Å². The molecule has 0 spiro atoms. The van der Waals surface area contributed by atoms with Crippen molar-refractivity contribution in [2.45, 2.75) is 33.6 Å². The van der Waals surface area contributed by atoms with Gasteiger partial charge in [0.25, 0.3) is 5.91 Å². The number of nitrogens with zero attached hydrogens (tertiary/aromatic N) is 2. The number of thiophene rings is 1. The standard InChI is InChI=1S/C23H23N3OS2/c1-14(2)12-20-25-26-23(29-20)24-22(27)21-18(13-16-10-8-15(3)9-11-16)17-6-4-5-7-19(17)28-21/h4-11,14H,12-13H2,1-3H3,(H,24,26,27). The maximum Gasteiger partial charge on any atom is 0.267 e. The van der Waals surface area contributed by atoms with Gasteiger partial charge in [0.1, 0.15) is 5.01 Å². The zero-order valence-corrected chi connectivity index (χ0v) is 18.4. The van der Waals surface area contributed by atoms with E-state index >= 15 is 0 Å². The monoisotopic (exact) mass is 421 g/mol. The van der Waals surface area contributed by atoms with Crippen LogP contribution in [0.5, 0.6) is 0 Å². The van der Waals surface area contributed by atoms with E-state index in [0.717, 1.165) is 38.4 Å². The van der Waals surface area contributed by atoms with Crippen molar-refractivity contribution in [3.8, 4) is 0 Å². The molecule has 0 atom stereocenters. The number of anilines is 1. The molecule has 0 aliphatic heterocycles. The summed E-state index contributed by atoms with van der Waals surface area (Å²) in [6.07, 6.45) is 1.59. The SMILES string of the molecule is Cc1ccc(Cc2c(C(=O)Nc3nnc(CC(C)C)s3)sc3ccccc23)cc1. The summed E-state index contributed by atoms with van der Waals surface area (Å²) >= 11 is 2.99. The normalized spacial score (nSPS) is 11.3. The topological polar surface area (TPSA) is 54.9 Å². The van der Waals surface area contributed by atoms with Crippen molar-refractivity contribution >= 4 is 43.8 Å². The van der Waals surface area contributed by atoms with Gasteiger partial charge >= 0.3 is 0 Å². The number of carbonyl (C=O) groups is 1. The van der Waals surface area contributed by atoms with Crippen molar-refractivity contribution in [2.75, 3.05) is 5.32 Å². The fraction of sp³-hybridized carbons (Fsp3) is 0.261. The highest BCUT2D eigenvalue weighted by Crippen LogP contribution is 2.34. The number of amides is 1. The Balaban J connectivity index is 1.64. The van der Waals surface area contributed by atoms with Crippen LogP contribution in [0.4, 0.5) is 5.13 Å². The highest BCUT2D eigenvalue weighted by Gasteiger charge is 2.20. The molecule has 4 nitrogen and oxygen atoms in total. The first-order valence-corrected chi connectivity index (χ1v) is 11.3. The lowest BCUT2D eigenvalue weighted by Gasteiger charge is -2.06. The van der Waals surface area contributed by atoms with Crippen molar-refractivity contribution in [3.05, 3.63) is 75.1 Å². The highest BCUT2D eigenvalue weighted by atomic mass is 32.1. The van der Waals surface area contributed by atoms with Crippen LogP contribution in [0, 0.1) is 12.8 Å². The predicted molar refractivity (Wildman–Crippen MR) is 122 cm³/mol. The number of hydrogen-bond acceptors (Lipinski definition) is 5. The van der Waals surface area contributed by atoms with Crippen LogP contribution in [0.25, 0.3) is 10.1 Å². The van der Waals surface area contributed by atoms with Gasteiger partial charge in [0.15, 0.2) is 0 Å². The Morgan fingerprint density at radius 3 is 2.55 bits per heavy atom. The molecule has 0 unspecified atom stereocenters. The fourth-order valence-electron chi connectivity index (χ4n) is 3.26. The summed E-state index contributed by atoms with van der Waals surface area (Å²) in [4.78, 5) is 13.9. The average Bonchev–Trinajstić information content (AvgIpc) is 3.27. The van der Waals surface area contributed by atoms with Gasteiger partial charge in [-0.1, -0.05) is 73.2 Å². The summed E-state index contributed by atoms with van der Waals surface area (Å²) in [5.41, 5.74) is 3.50. The number of carbonyl (C=O) groups excluding carboxylic acids is 1. The summed E-state index contributed by atoms with van der Waals surface area (Å²) in [6.45, 7) is 6.38. The fourth-order valence-corrected chi connectivity index (χ4v) is 5.32. The summed E-state index contributed by atoms with van der Waals surface area (Å²) < 4.78 is 1.12. The van der Waals surface area contributed by atoms with Gasteiger partial charge in [-0.25, -0.2) is 0 Å². The van der Waals surface area contributed by atoms with Crippen molar-refractivity contribution < 1.29 is 4.79 Å². The Hall–Kier alpha value is -2.57. The summed E-state index contributed by atoms with van der Waals surface area (Å²) in [5, 5.41) is 14.0. The van der Waals surface area contributed by atoms with E-state index in [9.17, 15) is 4.79 Å². The second-order valence-electron chi connectivity index (χ2n) is 7.62. The molecule has 2 aromatic heterocycles. The third-order valence-electron chi connectivity index (χ3n) is 4.68. The zero-order chi connectivity index (χ0) is 20.4. The van der Waals surface area contributed by atoms with Gasteiger partial charge in [-0.3, -0.25) is 10.1 Å². The van der Waals surface area contributed by atoms with E-state index in [1.165, 1.54) is 33.8 Å². The molecule has 0 bridgehead atoms. The summed E-state index contributed by atoms with van der Waals surface area (Å²) in [6, 6.07) is 16.7. The van der Waals surface area contributed by atoms with Gasteiger partial charge in [0.05, 0.1) is 4.88 Å². The molecule has 29 heavy (non-hydrogen) atoms. The number of aryl methyl sites for hydroxylation is 1. The van der Waals surface area contributed by atoms with Crippen LogP contribution < -0.4 is 5.32 Å². The predicted octanol–water partition coefficient (Wildman–Crippen LogP) is 6.10. The van der Waals surface area contributed by atoms with E-state index < -0.39 is 0 Å². The van der Waals surface area contributed by atoms with E-state index in [1.807, 2.05) is 12.1 Å². The number of aromatic nitrogens is 2. The molecule has 0 aliphatic rings. The maximum atomic E-state index is 13.1. The largest absolute Gasteiger partial charge is 0.296 e. The van der Waals surface area contributed by atoms with Crippen molar-refractivity contribution in [1.29, 1.82) is 0 Å². The van der Waals surface area contributed by atoms with Crippen molar-refractivity contribution in [2.24, 2.45) is 5.92 Å². The van der Waals surface area contributed by atoms with E-state index in [2.05, 4.69) is 72.7 Å². The van der Waals surface area contributed by atoms with Crippen molar-refractivity contribution in [3.63, 3.8) is 0 Å². The van der Waals surface area contributed by atoms with Crippen LogP contribution in [-0.4, -0.2) is 16.1 Å². The van der Waals surface area contributed by atoms with Gasteiger partial charge in [0, 0.05) is 11.1 Å². The van der Waals surface area contributed by atoms with Crippen LogP contribution in [0.1, 0.15) is 45.2 Å². The lowest BCUT2D eigenvalue weighted by Crippen LogP contribution is -2.12. The third-order valence-corrected chi connectivity index (χ3v) is 6.75. The minimum atomic E-state index is -0.111. The first kappa shape index (κ1) is 19.7. The molecule has 0 aliphatic carbocycles. The molecule has 1 N–H and O–H groups in total. The molecule has 2 heterocycles. The van der Waals surface area contributed by atoms with Gasteiger partial charge in [-0.15, -0.1) is 21.5 Å². The number of rotatable bonds is 6. The minimum Gasteiger partial charge on any atom is -0.296 e. The van der Waals surface area contributed by atoms with Crippen LogP contribution in [0.15, 0.2) is 48.5 Å². The Bertz CT molecular complexity index is 1140. The first-order chi connectivity index (χ1) is 14.0. The van der Waals surface area contributed by atoms with Gasteiger partial charge < -0.3 is 0 Å². The quantitative estimate of drug-likeness (QED) is 0.409. The Morgan fingerprint density at radius 1 is 1.03 bits per heavy atom. The highest BCUT2D eigenvalue weighted by molar-refractivity contribution is 7.21. The molecule has 0 fully saturated rings. The van der Waals surface area contributed by atoms with Gasteiger partial charge in [0.2, 0.25) is 5.13 Å². The number of fused-ring (bicyclic) bond motifs is 1. The molecule has 0 saturated heterocycles. The Kier molecular flexibility index (Phi) is 5.74. The number of hydrogen-bond donors (Lipinski definition) is 1. The lowest BCUT2D eigenvalue weighted by molar-refractivity contribution is 0.103. The van der Waals surface area contributed by atoms with Crippen LogP contribution in [-0.2, 0) is 12.8 Å².